The minimum atomic E-state index is -0.180. The number of carbonyl (C=O) groups is 1. The molecular weight excluding hydrogens is 247 g/mol. The summed E-state index contributed by atoms with van der Waals surface area (Å²) in [5, 5.41) is 9.60. The summed E-state index contributed by atoms with van der Waals surface area (Å²) in [5.74, 6) is -0.235. The van der Waals surface area contributed by atoms with E-state index in [4.69, 9.17) is 23.2 Å². The third-order valence-electron chi connectivity index (χ3n) is 2.61. The summed E-state index contributed by atoms with van der Waals surface area (Å²) < 4.78 is 0. The van der Waals surface area contributed by atoms with Crippen molar-refractivity contribution in [3.63, 3.8) is 0 Å². The number of Topliss-reactive ketones (excluding diaryl/α,β-unsaturated/α-hetero) is 1. The third-order valence-corrected chi connectivity index (χ3v) is 3.19. The Morgan fingerprint density at radius 2 is 1.88 bits per heavy atom. The monoisotopic (exact) mass is 256 g/mol. The highest BCUT2D eigenvalue weighted by Gasteiger charge is 2.17. The van der Waals surface area contributed by atoms with Crippen LogP contribution in [0.1, 0.15) is 29.6 Å². The Kier molecular flexibility index (Phi) is 3.22. The highest BCUT2D eigenvalue weighted by molar-refractivity contribution is 6.37. The van der Waals surface area contributed by atoms with Crippen molar-refractivity contribution in [1.82, 2.24) is 0 Å². The molecule has 16 heavy (non-hydrogen) atoms. The molecule has 0 fully saturated rings. The lowest BCUT2D eigenvalue weighted by molar-refractivity contribution is 0.103. The van der Waals surface area contributed by atoms with Gasteiger partial charge >= 0.3 is 0 Å². The van der Waals surface area contributed by atoms with Crippen molar-refractivity contribution in [2.24, 2.45) is 0 Å². The van der Waals surface area contributed by atoms with Crippen LogP contribution in [-0.4, -0.2) is 10.9 Å². The first-order chi connectivity index (χ1) is 7.59. The maximum absolute atomic E-state index is 12.0. The lowest BCUT2D eigenvalue weighted by Crippen LogP contribution is -2.01. The van der Waals surface area contributed by atoms with E-state index in [0.29, 0.717) is 5.56 Å². The Labute approximate surface area is 103 Å². The quantitative estimate of drug-likeness (QED) is 0.813. The summed E-state index contributed by atoms with van der Waals surface area (Å²) in [6.07, 6.45) is 4.70. The zero-order chi connectivity index (χ0) is 11.7. The molecule has 0 amide bonds. The second kappa shape index (κ2) is 4.48. The molecule has 2 nitrogen and oxygen atoms in total. The molecule has 1 aliphatic carbocycles. The van der Waals surface area contributed by atoms with Crippen molar-refractivity contribution in [2.75, 3.05) is 0 Å². The molecule has 0 unspecified atom stereocenters. The molecule has 0 aliphatic heterocycles. The Morgan fingerprint density at radius 1 is 1.25 bits per heavy atom. The van der Waals surface area contributed by atoms with Gasteiger partial charge in [0.1, 0.15) is 0 Å². The molecule has 0 heterocycles. The fourth-order valence-corrected chi connectivity index (χ4v) is 2.25. The number of allylic oxidation sites excluding steroid dienone is 2. The van der Waals surface area contributed by atoms with Crippen LogP contribution in [0.15, 0.2) is 23.8 Å². The van der Waals surface area contributed by atoms with Crippen molar-refractivity contribution < 1.29 is 9.90 Å². The first-order valence-corrected chi connectivity index (χ1v) is 5.77. The van der Waals surface area contributed by atoms with Crippen molar-refractivity contribution in [3.05, 3.63) is 39.4 Å². The standard InChI is InChI=1S/C12H10Cl2O2/c13-9-5-8(6-10(14)12(9)16)11(15)7-3-1-2-4-7/h3,5-6,16H,1-2,4H2. The number of hydrogen-bond acceptors (Lipinski definition) is 2. The number of benzene rings is 1. The van der Waals surface area contributed by atoms with Gasteiger partial charge in [-0.3, -0.25) is 4.79 Å². The summed E-state index contributed by atoms with van der Waals surface area (Å²) in [7, 11) is 0. The third kappa shape index (κ3) is 2.08. The van der Waals surface area contributed by atoms with Crippen LogP contribution in [0.4, 0.5) is 0 Å². The summed E-state index contributed by atoms with van der Waals surface area (Å²) in [4.78, 5) is 12.0. The highest BCUT2D eigenvalue weighted by Crippen LogP contribution is 2.34. The molecule has 1 aromatic carbocycles. The summed E-state index contributed by atoms with van der Waals surface area (Å²) in [6.45, 7) is 0. The van der Waals surface area contributed by atoms with Crippen molar-refractivity contribution in [2.45, 2.75) is 19.3 Å². The molecule has 2 rings (SSSR count). The molecule has 1 aromatic rings. The van der Waals surface area contributed by atoms with Crippen molar-refractivity contribution in [1.29, 1.82) is 0 Å². The van der Waals surface area contributed by atoms with Gasteiger partial charge in [-0.1, -0.05) is 29.3 Å². The summed E-state index contributed by atoms with van der Waals surface area (Å²) in [5.41, 5.74) is 1.23. The molecule has 0 saturated heterocycles. The SMILES string of the molecule is O=C(C1=CCCC1)c1cc(Cl)c(O)c(Cl)c1. The largest absolute Gasteiger partial charge is 0.505 e. The molecule has 0 atom stereocenters. The van der Waals surface area contributed by atoms with Gasteiger partial charge in [-0.15, -0.1) is 0 Å². The average molecular weight is 257 g/mol. The molecule has 0 spiro atoms. The lowest BCUT2D eigenvalue weighted by atomic mass is 10.0. The molecule has 0 saturated carbocycles. The number of hydrogen-bond donors (Lipinski definition) is 1. The lowest BCUT2D eigenvalue weighted by Gasteiger charge is -2.05. The molecule has 4 heteroatoms. The predicted molar refractivity (Wildman–Crippen MR) is 64.4 cm³/mol. The highest BCUT2D eigenvalue weighted by atomic mass is 35.5. The average Bonchev–Trinajstić information content (AvgIpc) is 2.77. The number of phenolic OH excluding ortho intramolecular Hbond substituents is 1. The van der Waals surface area contributed by atoms with E-state index in [1.165, 1.54) is 12.1 Å². The molecular formula is C12H10Cl2O2. The zero-order valence-corrected chi connectivity index (χ0v) is 9.98. The second-order valence-corrected chi connectivity index (χ2v) is 4.55. The molecule has 0 aromatic heterocycles. The fourth-order valence-electron chi connectivity index (χ4n) is 1.76. The van der Waals surface area contributed by atoms with Crippen LogP contribution in [-0.2, 0) is 0 Å². The first-order valence-electron chi connectivity index (χ1n) is 5.01. The van der Waals surface area contributed by atoms with Crippen LogP contribution in [0.5, 0.6) is 5.75 Å². The van der Waals surface area contributed by atoms with Crippen LogP contribution in [0.2, 0.25) is 10.0 Å². The fraction of sp³-hybridized carbons (Fsp3) is 0.250. The number of carbonyl (C=O) groups excluding carboxylic acids is 1. The van der Waals surface area contributed by atoms with E-state index in [-0.39, 0.29) is 21.6 Å². The predicted octanol–water partition coefficient (Wildman–Crippen LogP) is 3.99. The Morgan fingerprint density at radius 3 is 2.38 bits per heavy atom. The minimum absolute atomic E-state index is 0.0544. The van der Waals surface area contributed by atoms with Gasteiger partial charge in [-0.25, -0.2) is 0 Å². The van der Waals surface area contributed by atoms with E-state index in [1.807, 2.05) is 6.08 Å². The van der Waals surface area contributed by atoms with Crippen LogP contribution in [0.25, 0.3) is 0 Å². The number of phenols is 1. The normalized spacial score (nSPS) is 15.0. The number of halogens is 2. The van der Waals surface area contributed by atoms with E-state index in [0.717, 1.165) is 24.8 Å². The number of aromatic hydroxyl groups is 1. The van der Waals surface area contributed by atoms with E-state index < -0.39 is 0 Å². The van der Waals surface area contributed by atoms with Gasteiger partial charge in [-0.2, -0.15) is 0 Å². The second-order valence-electron chi connectivity index (χ2n) is 3.74. The van der Waals surface area contributed by atoms with Crippen LogP contribution >= 0.6 is 23.2 Å². The van der Waals surface area contributed by atoms with Gasteiger partial charge in [0.25, 0.3) is 0 Å². The van der Waals surface area contributed by atoms with Crippen LogP contribution in [0, 0.1) is 0 Å². The van der Waals surface area contributed by atoms with Gasteiger partial charge in [0.15, 0.2) is 11.5 Å². The Balaban J connectivity index is 2.37. The smallest absolute Gasteiger partial charge is 0.188 e. The molecule has 1 aliphatic rings. The number of ketones is 1. The van der Waals surface area contributed by atoms with Crippen LogP contribution < -0.4 is 0 Å². The van der Waals surface area contributed by atoms with E-state index in [9.17, 15) is 9.90 Å². The zero-order valence-electron chi connectivity index (χ0n) is 8.46. The summed E-state index contributed by atoms with van der Waals surface area (Å²) >= 11 is 11.5. The first kappa shape index (κ1) is 11.5. The van der Waals surface area contributed by atoms with Crippen molar-refractivity contribution in [3.8, 4) is 5.75 Å². The Bertz CT molecular complexity index is 455. The van der Waals surface area contributed by atoms with Crippen LogP contribution in [0.3, 0.4) is 0 Å². The van der Waals surface area contributed by atoms with Gasteiger partial charge in [-0.05, 0) is 37.0 Å². The maximum Gasteiger partial charge on any atom is 0.188 e. The molecule has 84 valence electrons. The number of rotatable bonds is 2. The topological polar surface area (TPSA) is 37.3 Å². The molecule has 0 bridgehead atoms. The minimum Gasteiger partial charge on any atom is -0.505 e. The maximum atomic E-state index is 12.0. The summed E-state index contributed by atoms with van der Waals surface area (Å²) in [6, 6.07) is 2.90. The van der Waals surface area contributed by atoms with Gasteiger partial charge in [0.2, 0.25) is 0 Å². The van der Waals surface area contributed by atoms with Gasteiger partial charge in [0, 0.05) is 5.56 Å². The Hall–Kier alpha value is -0.990. The molecule has 1 N–H and O–H groups in total. The van der Waals surface area contributed by atoms with Gasteiger partial charge < -0.3 is 5.11 Å². The molecule has 0 radical (unpaired) electrons. The van der Waals surface area contributed by atoms with Crippen molar-refractivity contribution >= 4 is 29.0 Å². The van der Waals surface area contributed by atoms with E-state index in [1.54, 1.807) is 0 Å². The van der Waals surface area contributed by atoms with E-state index >= 15 is 0 Å². The van der Waals surface area contributed by atoms with Gasteiger partial charge in [0.05, 0.1) is 10.0 Å². The van der Waals surface area contributed by atoms with E-state index in [2.05, 4.69) is 0 Å².